The Morgan fingerprint density at radius 3 is 2.44 bits per heavy atom. The zero-order valence-electron chi connectivity index (χ0n) is 9.21. The Balaban J connectivity index is 2.28. The number of pyridine rings is 1. The van der Waals surface area contributed by atoms with Gasteiger partial charge in [-0.15, -0.1) is 11.6 Å². The molecule has 0 bridgehead atoms. The first-order valence-electron chi connectivity index (χ1n) is 5.26. The van der Waals surface area contributed by atoms with Gasteiger partial charge in [-0.3, -0.25) is 4.98 Å². The van der Waals surface area contributed by atoms with Crippen LogP contribution in [0.4, 0.5) is 8.78 Å². The second kappa shape index (κ2) is 5.63. The van der Waals surface area contributed by atoms with E-state index < -0.39 is 17.0 Å². The molecular formula is C13H9Cl2F2N. The smallest absolute Gasteiger partial charge is 0.130 e. The van der Waals surface area contributed by atoms with Crippen LogP contribution in [0.15, 0.2) is 36.7 Å². The molecule has 0 spiro atoms. The fourth-order valence-electron chi connectivity index (χ4n) is 1.67. The molecule has 1 nitrogen and oxygen atoms in total. The van der Waals surface area contributed by atoms with Crippen molar-refractivity contribution in [2.24, 2.45) is 0 Å². The second-order valence-corrected chi connectivity index (χ2v) is 4.71. The van der Waals surface area contributed by atoms with Crippen molar-refractivity contribution in [3.05, 3.63) is 64.4 Å². The number of benzene rings is 1. The Labute approximate surface area is 113 Å². The van der Waals surface area contributed by atoms with E-state index in [1.807, 2.05) is 0 Å². The quantitative estimate of drug-likeness (QED) is 0.756. The summed E-state index contributed by atoms with van der Waals surface area (Å²) in [6, 6.07) is 5.34. The predicted molar refractivity (Wildman–Crippen MR) is 67.9 cm³/mol. The summed E-state index contributed by atoms with van der Waals surface area (Å²) in [5.74, 6) is -1.31. The molecular weight excluding hydrogens is 279 g/mol. The van der Waals surface area contributed by atoms with Gasteiger partial charge in [0.1, 0.15) is 11.6 Å². The van der Waals surface area contributed by atoms with Gasteiger partial charge in [0.2, 0.25) is 0 Å². The van der Waals surface area contributed by atoms with Gasteiger partial charge in [-0.25, -0.2) is 8.78 Å². The average Bonchev–Trinajstić information content (AvgIpc) is 2.32. The highest BCUT2D eigenvalue weighted by molar-refractivity contribution is 6.31. The van der Waals surface area contributed by atoms with Crippen LogP contribution in [0.1, 0.15) is 16.5 Å². The number of hydrogen-bond acceptors (Lipinski definition) is 1. The highest BCUT2D eigenvalue weighted by Crippen LogP contribution is 2.31. The summed E-state index contributed by atoms with van der Waals surface area (Å²) in [7, 11) is 0. The SMILES string of the molecule is Fc1cccc(F)c1C(Cl)Cc1ccncc1Cl. The molecule has 0 fully saturated rings. The van der Waals surface area contributed by atoms with Crippen LogP contribution in [0.2, 0.25) is 5.02 Å². The summed E-state index contributed by atoms with van der Waals surface area (Å²) in [6.07, 6.45) is 3.27. The summed E-state index contributed by atoms with van der Waals surface area (Å²) in [4.78, 5) is 3.84. The minimum Gasteiger partial charge on any atom is -0.263 e. The first-order chi connectivity index (χ1) is 8.59. The number of halogens is 4. The summed E-state index contributed by atoms with van der Waals surface area (Å²) in [6.45, 7) is 0. The van der Waals surface area contributed by atoms with E-state index in [4.69, 9.17) is 23.2 Å². The molecule has 1 aromatic heterocycles. The van der Waals surface area contributed by atoms with Crippen LogP contribution in [0.3, 0.4) is 0 Å². The molecule has 0 amide bonds. The van der Waals surface area contributed by atoms with Crippen molar-refractivity contribution in [2.75, 3.05) is 0 Å². The second-order valence-electron chi connectivity index (χ2n) is 3.77. The lowest BCUT2D eigenvalue weighted by Crippen LogP contribution is -2.03. The minimum absolute atomic E-state index is 0.132. The van der Waals surface area contributed by atoms with Gasteiger partial charge in [-0.1, -0.05) is 17.7 Å². The normalized spacial score (nSPS) is 12.4. The minimum atomic E-state index is -0.814. The fourth-order valence-corrected chi connectivity index (χ4v) is 2.25. The topological polar surface area (TPSA) is 12.9 Å². The van der Waals surface area contributed by atoms with Crippen molar-refractivity contribution in [3.8, 4) is 0 Å². The number of hydrogen-bond donors (Lipinski definition) is 0. The third-order valence-electron chi connectivity index (χ3n) is 2.57. The van der Waals surface area contributed by atoms with Crippen LogP contribution in [-0.4, -0.2) is 4.98 Å². The molecule has 94 valence electrons. The van der Waals surface area contributed by atoms with Crippen molar-refractivity contribution in [2.45, 2.75) is 11.8 Å². The molecule has 0 saturated heterocycles. The lowest BCUT2D eigenvalue weighted by molar-refractivity contribution is 0.551. The van der Waals surface area contributed by atoms with Gasteiger partial charge < -0.3 is 0 Å². The van der Waals surface area contributed by atoms with E-state index in [9.17, 15) is 8.78 Å². The Kier molecular flexibility index (Phi) is 4.15. The third kappa shape index (κ3) is 2.79. The van der Waals surface area contributed by atoms with E-state index in [1.165, 1.54) is 24.4 Å². The van der Waals surface area contributed by atoms with E-state index in [0.717, 1.165) is 0 Å². The van der Waals surface area contributed by atoms with Gasteiger partial charge in [0.05, 0.1) is 10.4 Å². The van der Waals surface area contributed by atoms with E-state index in [1.54, 1.807) is 12.3 Å². The molecule has 0 aliphatic rings. The van der Waals surface area contributed by atoms with Crippen LogP contribution in [0.25, 0.3) is 0 Å². The van der Waals surface area contributed by atoms with Gasteiger partial charge >= 0.3 is 0 Å². The zero-order chi connectivity index (χ0) is 13.1. The number of alkyl halides is 1. The molecule has 1 aromatic carbocycles. The molecule has 1 atom stereocenters. The van der Waals surface area contributed by atoms with E-state index >= 15 is 0 Å². The molecule has 0 aliphatic carbocycles. The number of aromatic nitrogens is 1. The maximum atomic E-state index is 13.5. The van der Waals surface area contributed by atoms with Crippen molar-refractivity contribution in [1.82, 2.24) is 4.98 Å². The molecule has 2 rings (SSSR count). The zero-order valence-corrected chi connectivity index (χ0v) is 10.7. The molecule has 0 N–H and O–H groups in total. The lowest BCUT2D eigenvalue weighted by Gasteiger charge is -2.12. The van der Waals surface area contributed by atoms with E-state index in [2.05, 4.69) is 4.98 Å². The van der Waals surface area contributed by atoms with Crippen LogP contribution < -0.4 is 0 Å². The average molecular weight is 288 g/mol. The highest BCUT2D eigenvalue weighted by Gasteiger charge is 2.19. The van der Waals surface area contributed by atoms with Crippen molar-refractivity contribution >= 4 is 23.2 Å². The Hall–Kier alpha value is -1.19. The Morgan fingerprint density at radius 1 is 1.17 bits per heavy atom. The summed E-state index contributed by atoms with van der Waals surface area (Å²) in [5, 5.41) is -0.383. The molecule has 18 heavy (non-hydrogen) atoms. The largest absolute Gasteiger partial charge is 0.263 e. The molecule has 2 aromatic rings. The van der Waals surface area contributed by atoms with Crippen LogP contribution in [-0.2, 0) is 6.42 Å². The standard InChI is InChI=1S/C13H9Cl2F2N/c14-9(6-8-4-5-18-7-10(8)15)13-11(16)2-1-3-12(13)17/h1-5,7,9H,6H2. The van der Waals surface area contributed by atoms with Crippen molar-refractivity contribution < 1.29 is 8.78 Å². The Bertz CT molecular complexity index is 540. The molecule has 1 unspecified atom stereocenters. The van der Waals surface area contributed by atoms with Gasteiger partial charge in [-0.05, 0) is 30.2 Å². The summed E-state index contributed by atoms with van der Waals surface area (Å²) >= 11 is 12.0. The van der Waals surface area contributed by atoms with E-state index in [0.29, 0.717) is 10.6 Å². The van der Waals surface area contributed by atoms with Crippen molar-refractivity contribution in [3.63, 3.8) is 0 Å². The summed E-state index contributed by atoms with van der Waals surface area (Å²) in [5.41, 5.74) is 0.571. The first kappa shape index (κ1) is 13.2. The maximum absolute atomic E-state index is 13.5. The molecule has 0 saturated carbocycles. The van der Waals surface area contributed by atoms with Crippen LogP contribution in [0.5, 0.6) is 0 Å². The van der Waals surface area contributed by atoms with Gasteiger partial charge in [0.15, 0.2) is 0 Å². The molecule has 1 heterocycles. The van der Waals surface area contributed by atoms with Gasteiger partial charge in [-0.2, -0.15) is 0 Å². The molecule has 0 radical (unpaired) electrons. The lowest BCUT2D eigenvalue weighted by atomic mass is 10.0. The van der Waals surface area contributed by atoms with Crippen molar-refractivity contribution in [1.29, 1.82) is 0 Å². The fraction of sp³-hybridized carbons (Fsp3) is 0.154. The highest BCUT2D eigenvalue weighted by atomic mass is 35.5. The van der Waals surface area contributed by atoms with E-state index in [-0.39, 0.29) is 12.0 Å². The monoisotopic (exact) mass is 287 g/mol. The predicted octanol–water partition coefficient (Wildman–Crippen LogP) is 4.54. The number of rotatable bonds is 3. The first-order valence-corrected chi connectivity index (χ1v) is 6.07. The number of nitrogens with zero attached hydrogens (tertiary/aromatic N) is 1. The summed E-state index contributed by atoms with van der Waals surface area (Å²) < 4.78 is 27.1. The van der Waals surface area contributed by atoms with Gasteiger partial charge in [0, 0.05) is 18.0 Å². The molecule has 5 heteroatoms. The van der Waals surface area contributed by atoms with Crippen LogP contribution >= 0.6 is 23.2 Å². The third-order valence-corrected chi connectivity index (χ3v) is 3.28. The van der Waals surface area contributed by atoms with Crippen LogP contribution in [0, 0.1) is 11.6 Å². The van der Waals surface area contributed by atoms with Gasteiger partial charge in [0.25, 0.3) is 0 Å². The maximum Gasteiger partial charge on any atom is 0.130 e. The Morgan fingerprint density at radius 2 is 1.83 bits per heavy atom. The molecule has 0 aliphatic heterocycles.